The van der Waals surface area contributed by atoms with E-state index in [-0.39, 0.29) is 31.4 Å². The number of amides is 4. The predicted octanol–water partition coefficient (Wildman–Crippen LogP) is 4.14. The van der Waals surface area contributed by atoms with E-state index >= 15 is 0 Å². The molecule has 0 spiro atoms. The molecule has 5 aromatic rings. The fourth-order valence-electron chi connectivity index (χ4n) is 6.57. The van der Waals surface area contributed by atoms with E-state index in [1.807, 2.05) is 84.9 Å². The summed E-state index contributed by atoms with van der Waals surface area (Å²) in [5.74, 6) is -3.55. The molecular formula is C45H44N4O8. The first-order chi connectivity index (χ1) is 27.6. The molecule has 2 aliphatic heterocycles. The van der Waals surface area contributed by atoms with Gasteiger partial charge >= 0.3 is 5.97 Å². The lowest BCUT2D eigenvalue weighted by Crippen LogP contribution is -2.59. The van der Waals surface area contributed by atoms with E-state index in [0.717, 1.165) is 16.7 Å². The predicted molar refractivity (Wildman–Crippen MR) is 213 cm³/mol. The lowest BCUT2D eigenvalue weighted by Gasteiger charge is -2.26. The van der Waals surface area contributed by atoms with Gasteiger partial charge in [-0.1, -0.05) is 109 Å². The summed E-state index contributed by atoms with van der Waals surface area (Å²) in [5, 5.41) is 31.0. The number of phenolic OH excluding ortho intramolecular Hbond substituents is 1. The van der Waals surface area contributed by atoms with Crippen LogP contribution >= 0.6 is 0 Å². The molecule has 0 unspecified atom stereocenters. The van der Waals surface area contributed by atoms with Crippen LogP contribution < -0.4 is 26.0 Å². The van der Waals surface area contributed by atoms with Crippen LogP contribution in [-0.2, 0) is 49.7 Å². The minimum Gasteiger partial charge on any atom is -0.508 e. The molecule has 4 atom stereocenters. The highest BCUT2D eigenvalue weighted by Crippen LogP contribution is 2.21. The van der Waals surface area contributed by atoms with Crippen molar-refractivity contribution < 1.29 is 38.9 Å². The number of hydrogen-bond donors (Lipinski definition) is 6. The summed E-state index contributed by atoms with van der Waals surface area (Å²) in [7, 11) is 0. The highest BCUT2D eigenvalue weighted by Gasteiger charge is 2.32. The maximum Gasteiger partial charge on any atom is 0.326 e. The van der Waals surface area contributed by atoms with E-state index in [4.69, 9.17) is 4.74 Å². The molecule has 2 bridgehead atoms. The molecule has 0 fully saturated rings. The normalized spacial score (nSPS) is 19.4. The van der Waals surface area contributed by atoms with Gasteiger partial charge in [0.2, 0.25) is 17.7 Å². The molecule has 12 heteroatoms. The Bertz CT molecular complexity index is 2140. The molecule has 4 amide bonds. The van der Waals surface area contributed by atoms with Crippen LogP contribution in [0.25, 0.3) is 11.1 Å². The zero-order chi connectivity index (χ0) is 40.1. The van der Waals surface area contributed by atoms with Gasteiger partial charge in [-0.25, -0.2) is 4.79 Å². The number of phenols is 1. The van der Waals surface area contributed by atoms with E-state index in [2.05, 4.69) is 21.3 Å². The Hall–Kier alpha value is -6.95. The van der Waals surface area contributed by atoms with Crippen molar-refractivity contribution in [2.45, 2.75) is 56.3 Å². The van der Waals surface area contributed by atoms with E-state index in [1.165, 1.54) is 12.1 Å². The van der Waals surface area contributed by atoms with Crippen molar-refractivity contribution in [3.05, 3.63) is 156 Å². The fourth-order valence-corrected chi connectivity index (χ4v) is 6.57. The lowest BCUT2D eigenvalue weighted by atomic mass is 9.98. The van der Waals surface area contributed by atoms with Crippen molar-refractivity contribution in [2.24, 2.45) is 0 Å². The highest BCUT2D eigenvalue weighted by molar-refractivity contribution is 5.95. The molecule has 5 aromatic carbocycles. The first-order valence-corrected chi connectivity index (χ1v) is 18.7. The maximum absolute atomic E-state index is 14.4. The minimum absolute atomic E-state index is 0.0192. The zero-order valence-corrected chi connectivity index (χ0v) is 31.1. The van der Waals surface area contributed by atoms with Gasteiger partial charge in [0.1, 0.15) is 35.7 Å². The van der Waals surface area contributed by atoms with Crippen LogP contribution in [0.5, 0.6) is 11.5 Å². The number of nitrogens with one attached hydrogen (secondary N) is 4. The number of aryl methyl sites for hydroxylation is 1. The second kappa shape index (κ2) is 19.1. The third-order valence-corrected chi connectivity index (χ3v) is 9.71. The number of aromatic hydroxyl groups is 1. The number of carboxylic acids is 1. The molecule has 0 saturated carbocycles. The minimum atomic E-state index is -1.33. The number of rotatable bonds is 9. The molecule has 0 aliphatic carbocycles. The summed E-state index contributed by atoms with van der Waals surface area (Å²) in [5.41, 5.74) is 4.79. The Balaban J connectivity index is 1.34. The number of carboxylic acid groups (broad SMARTS) is 1. The van der Waals surface area contributed by atoms with E-state index in [0.29, 0.717) is 28.9 Å². The number of ether oxygens (including phenoxy) is 1. The van der Waals surface area contributed by atoms with Crippen LogP contribution in [0.4, 0.5) is 0 Å². The van der Waals surface area contributed by atoms with Gasteiger partial charge in [-0.3, -0.25) is 19.2 Å². The molecule has 0 saturated heterocycles. The molecule has 2 heterocycles. The maximum atomic E-state index is 14.4. The third-order valence-electron chi connectivity index (χ3n) is 9.71. The highest BCUT2D eigenvalue weighted by atomic mass is 16.5. The van der Waals surface area contributed by atoms with Crippen LogP contribution in [0.15, 0.2) is 133 Å². The average molecular weight is 769 g/mol. The zero-order valence-electron chi connectivity index (χ0n) is 31.1. The van der Waals surface area contributed by atoms with Gasteiger partial charge in [0, 0.05) is 19.3 Å². The Morgan fingerprint density at radius 2 is 1.11 bits per heavy atom. The SMILES string of the molecule is O=C1COc2ccc(cc2)C[C@@H](C(=O)O)NC(=O)[C@@H](CCc2ccccc2)NC(=O)[C@H](Cc2ccc(-c3ccccc3)cc2)NC(=O)[C@@H](Cc2ccc(O)cc2)N1. The van der Waals surface area contributed by atoms with Crippen LogP contribution in [0.2, 0.25) is 0 Å². The molecule has 7 rings (SSSR count). The van der Waals surface area contributed by atoms with Gasteiger partial charge in [-0.15, -0.1) is 0 Å². The fraction of sp³-hybridized carbons (Fsp3) is 0.222. The van der Waals surface area contributed by atoms with Crippen molar-refractivity contribution in [3.8, 4) is 22.6 Å². The molecule has 2 aliphatic rings. The summed E-state index contributed by atoms with van der Waals surface area (Å²) in [4.78, 5) is 68.2. The van der Waals surface area contributed by atoms with Gasteiger partial charge in [0.05, 0.1) is 0 Å². The van der Waals surface area contributed by atoms with E-state index in [9.17, 15) is 34.2 Å². The number of carbonyl (C=O) groups excluding carboxylic acids is 4. The largest absolute Gasteiger partial charge is 0.508 e. The topological polar surface area (TPSA) is 183 Å². The van der Waals surface area contributed by atoms with Crippen molar-refractivity contribution in [1.82, 2.24) is 21.3 Å². The molecule has 0 radical (unpaired) electrons. The quantitative estimate of drug-likeness (QED) is 0.121. The van der Waals surface area contributed by atoms with Gasteiger partial charge in [0.15, 0.2) is 6.61 Å². The number of hydrogen-bond acceptors (Lipinski definition) is 7. The molecular weight excluding hydrogens is 725 g/mol. The van der Waals surface area contributed by atoms with E-state index < -0.39 is 60.4 Å². The molecule has 57 heavy (non-hydrogen) atoms. The van der Waals surface area contributed by atoms with Crippen LogP contribution in [0.1, 0.15) is 28.7 Å². The van der Waals surface area contributed by atoms with Crippen LogP contribution in [0.3, 0.4) is 0 Å². The van der Waals surface area contributed by atoms with Crippen molar-refractivity contribution in [3.63, 3.8) is 0 Å². The molecule has 292 valence electrons. The van der Waals surface area contributed by atoms with Crippen molar-refractivity contribution in [1.29, 1.82) is 0 Å². The van der Waals surface area contributed by atoms with Crippen LogP contribution in [0, 0.1) is 0 Å². The van der Waals surface area contributed by atoms with Gasteiger partial charge in [-0.05, 0) is 70.5 Å². The standard InChI is InChI=1S/C45H44N4O8/c50-35-20-13-31(14-21-35)25-38-43(53)48-39(26-30-11-18-34(19-12-30)33-9-5-2-6-10-33)44(54)47-37(24-17-29-7-3-1-4-8-29)42(52)49-40(45(55)56)27-32-15-22-36(23-16-32)57-28-41(51)46-38/h1-16,18-23,37-40,50H,17,24-28H2,(H,46,51)(H,47,54)(H,48,53)(H,49,52)(H,55,56)/t37-,38-,39+,40+/m1/s1. The van der Waals surface area contributed by atoms with Gasteiger partial charge in [0.25, 0.3) is 5.91 Å². The lowest BCUT2D eigenvalue weighted by molar-refractivity contribution is -0.142. The molecule has 0 aromatic heterocycles. The van der Waals surface area contributed by atoms with Crippen molar-refractivity contribution in [2.75, 3.05) is 6.61 Å². The van der Waals surface area contributed by atoms with Gasteiger partial charge in [-0.2, -0.15) is 0 Å². The van der Waals surface area contributed by atoms with Gasteiger partial charge < -0.3 is 36.2 Å². The molecule has 6 N–H and O–H groups in total. The number of carbonyl (C=O) groups is 5. The van der Waals surface area contributed by atoms with Crippen molar-refractivity contribution >= 4 is 29.6 Å². The Morgan fingerprint density at radius 1 is 0.579 bits per heavy atom. The smallest absolute Gasteiger partial charge is 0.326 e. The first-order valence-electron chi connectivity index (χ1n) is 18.7. The number of fused-ring (bicyclic) bond motifs is 16. The Labute approximate surface area is 330 Å². The third kappa shape index (κ3) is 11.5. The molecule has 12 nitrogen and oxygen atoms in total. The number of aliphatic carboxylic acids is 1. The number of benzene rings is 5. The second-order valence-electron chi connectivity index (χ2n) is 13.9. The summed E-state index contributed by atoms with van der Waals surface area (Å²) in [6.07, 6.45) is 0.501. The Kier molecular flexibility index (Phi) is 13.3. The summed E-state index contributed by atoms with van der Waals surface area (Å²) >= 11 is 0. The van der Waals surface area contributed by atoms with Crippen LogP contribution in [-0.4, -0.2) is 70.6 Å². The first kappa shape index (κ1) is 39.7. The Morgan fingerprint density at radius 3 is 1.72 bits per heavy atom. The summed E-state index contributed by atoms with van der Waals surface area (Å²) in [6, 6.07) is 34.4. The van der Waals surface area contributed by atoms with E-state index in [1.54, 1.807) is 36.4 Å². The monoisotopic (exact) mass is 768 g/mol. The summed E-state index contributed by atoms with van der Waals surface area (Å²) < 4.78 is 5.69. The second-order valence-corrected chi connectivity index (χ2v) is 13.9. The summed E-state index contributed by atoms with van der Waals surface area (Å²) in [6.45, 7) is -0.437. The average Bonchev–Trinajstić information content (AvgIpc) is 3.22.